The summed E-state index contributed by atoms with van der Waals surface area (Å²) in [7, 11) is 1.72. The molecule has 1 fully saturated rings. The van der Waals surface area contributed by atoms with Crippen LogP contribution in [0.4, 0.5) is 11.5 Å². The lowest BCUT2D eigenvalue weighted by atomic mass is 10.1. The van der Waals surface area contributed by atoms with Gasteiger partial charge in [-0.25, -0.2) is 4.98 Å². The predicted octanol–water partition coefficient (Wildman–Crippen LogP) is 3.79. The summed E-state index contributed by atoms with van der Waals surface area (Å²) in [5, 5.41) is 0. The van der Waals surface area contributed by atoms with E-state index in [2.05, 4.69) is 58.1 Å². The number of hydrogen-bond acceptors (Lipinski definition) is 5. The monoisotopic (exact) mass is 360 g/mol. The highest BCUT2D eigenvalue weighted by atomic mass is 16.5. The van der Waals surface area contributed by atoms with Crippen LogP contribution in [0.25, 0.3) is 11.3 Å². The number of benzene rings is 2. The number of aryl methyl sites for hydroxylation is 1. The van der Waals surface area contributed by atoms with Crippen molar-refractivity contribution < 1.29 is 4.74 Å². The van der Waals surface area contributed by atoms with E-state index in [9.17, 15) is 0 Å². The average molecular weight is 360 g/mol. The third-order valence-electron chi connectivity index (χ3n) is 5.00. The van der Waals surface area contributed by atoms with Crippen LogP contribution in [0, 0.1) is 6.92 Å². The van der Waals surface area contributed by atoms with Crippen LogP contribution in [0.2, 0.25) is 0 Å². The number of ether oxygens (including phenoxy) is 1. The molecule has 1 aromatic heterocycles. The normalized spacial score (nSPS) is 14.3. The minimum absolute atomic E-state index is 0.907. The molecule has 1 saturated heterocycles. The van der Waals surface area contributed by atoms with Crippen LogP contribution in [0.3, 0.4) is 0 Å². The van der Waals surface area contributed by atoms with Crippen molar-refractivity contribution in [3.63, 3.8) is 0 Å². The summed E-state index contributed by atoms with van der Waals surface area (Å²) >= 11 is 0. The topological polar surface area (TPSA) is 41.5 Å². The summed E-state index contributed by atoms with van der Waals surface area (Å²) in [6.45, 7) is 5.76. The maximum atomic E-state index is 5.51. The summed E-state index contributed by atoms with van der Waals surface area (Å²) in [4.78, 5) is 13.9. The molecule has 1 aliphatic rings. The SMILES string of the molecule is COc1ccccc1N1CCN(c2cncc(-c3ccc(C)cc3)n2)CC1. The van der Waals surface area contributed by atoms with Gasteiger partial charge in [0.1, 0.15) is 11.6 Å². The summed E-state index contributed by atoms with van der Waals surface area (Å²) in [5.74, 6) is 1.86. The number of nitrogens with zero attached hydrogens (tertiary/aromatic N) is 4. The van der Waals surface area contributed by atoms with Gasteiger partial charge in [-0.1, -0.05) is 42.0 Å². The maximum absolute atomic E-state index is 5.51. The van der Waals surface area contributed by atoms with Crippen molar-refractivity contribution in [2.24, 2.45) is 0 Å². The second-order valence-corrected chi connectivity index (χ2v) is 6.77. The summed E-state index contributed by atoms with van der Waals surface area (Å²) < 4.78 is 5.51. The highest BCUT2D eigenvalue weighted by Gasteiger charge is 2.21. The lowest BCUT2D eigenvalue weighted by Gasteiger charge is -2.37. The molecule has 138 valence electrons. The summed E-state index contributed by atoms with van der Waals surface area (Å²) in [5.41, 5.74) is 4.41. The molecule has 1 aliphatic heterocycles. The lowest BCUT2D eigenvalue weighted by molar-refractivity contribution is 0.413. The van der Waals surface area contributed by atoms with E-state index in [0.717, 1.165) is 54.7 Å². The molecule has 0 radical (unpaired) electrons. The van der Waals surface area contributed by atoms with Crippen molar-refractivity contribution in [1.29, 1.82) is 0 Å². The van der Waals surface area contributed by atoms with Crippen LogP contribution in [0.15, 0.2) is 60.9 Å². The first-order valence-electron chi connectivity index (χ1n) is 9.26. The van der Waals surface area contributed by atoms with Gasteiger partial charge < -0.3 is 14.5 Å². The first kappa shape index (κ1) is 17.3. The first-order valence-corrected chi connectivity index (χ1v) is 9.26. The van der Waals surface area contributed by atoms with Crippen molar-refractivity contribution in [2.75, 3.05) is 43.1 Å². The van der Waals surface area contributed by atoms with Gasteiger partial charge in [0.15, 0.2) is 0 Å². The van der Waals surface area contributed by atoms with Crippen molar-refractivity contribution in [1.82, 2.24) is 9.97 Å². The zero-order valence-electron chi connectivity index (χ0n) is 15.8. The van der Waals surface area contributed by atoms with E-state index in [1.807, 2.05) is 24.5 Å². The molecule has 0 spiro atoms. The molecular weight excluding hydrogens is 336 g/mol. The lowest BCUT2D eigenvalue weighted by Crippen LogP contribution is -2.47. The van der Waals surface area contributed by atoms with Gasteiger partial charge in [-0.3, -0.25) is 4.98 Å². The molecule has 27 heavy (non-hydrogen) atoms. The van der Waals surface area contributed by atoms with E-state index in [1.54, 1.807) is 7.11 Å². The molecule has 2 aromatic carbocycles. The highest BCUT2D eigenvalue weighted by molar-refractivity contribution is 5.62. The fourth-order valence-electron chi connectivity index (χ4n) is 3.44. The second kappa shape index (κ2) is 7.66. The first-order chi connectivity index (χ1) is 13.2. The Kier molecular flexibility index (Phi) is 4.92. The molecule has 2 heterocycles. The van der Waals surface area contributed by atoms with Crippen LogP contribution < -0.4 is 14.5 Å². The van der Waals surface area contributed by atoms with E-state index in [0.29, 0.717) is 0 Å². The number of rotatable bonds is 4. The zero-order valence-corrected chi connectivity index (χ0v) is 15.8. The van der Waals surface area contributed by atoms with Crippen molar-refractivity contribution >= 4 is 11.5 Å². The fraction of sp³-hybridized carbons (Fsp3) is 0.273. The molecule has 0 bridgehead atoms. The number of anilines is 2. The van der Waals surface area contributed by atoms with Gasteiger partial charge >= 0.3 is 0 Å². The molecule has 0 unspecified atom stereocenters. The predicted molar refractivity (Wildman–Crippen MR) is 110 cm³/mol. The molecule has 5 nitrogen and oxygen atoms in total. The Morgan fingerprint density at radius 1 is 0.852 bits per heavy atom. The Morgan fingerprint density at radius 3 is 2.30 bits per heavy atom. The molecule has 3 aromatic rings. The quantitative estimate of drug-likeness (QED) is 0.708. The fourth-order valence-corrected chi connectivity index (χ4v) is 3.44. The van der Waals surface area contributed by atoms with E-state index in [4.69, 9.17) is 9.72 Å². The van der Waals surface area contributed by atoms with Crippen LogP contribution in [-0.4, -0.2) is 43.3 Å². The molecule has 0 saturated carbocycles. The molecule has 0 N–H and O–H groups in total. The van der Waals surface area contributed by atoms with E-state index >= 15 is 0 Å². The Labute approximate surface area is 160 Å². The number of para-hydroxylation sites is 2. The van der Waals surface area contributed by atoms with E-state index in [1.165, 1.54) is 5.56 Å². The molecular formula is C22H24N4O. The van der Waals surface area contributed by atoms with Gasteiger partial charge in [0, 0.05) is 31.7 Å². The smallest absolute Gasteiger partial charge is 0.147 e. The third-order valence-corrected chi connectivity index (χ3v) is 5.00. The van der Waals surface area contributed by atoms with Gasteiger partial charge in [-0.05, 0) is 19.1 Å². The average Bonchev–Trinajstić information content (AvgIpc) is 2.74. The maximum Gasteiger partial charge on any atom is 0.147 e. The van der Waals surface area contributed by atoms with Gasteiger partial charge in [0.05, 0.1) is 30.9 Å². The van der Waals surface area contributed by atoms with Crippen LogP contribution in [0.1, 0.15) is 5.56 Å². The minimum Gasteiger partial charge on any atom is -0.495 e. The van der Waals surface area contributed by atoms with Crippen LogP contribution in [0.5, 0.6) is 5.75 Å². The summed E-state index contributed by atoms with van der Waals surface area (Å²) in [6, 6.07) is 16.6. The molecule has 4 rings (SSSR count). The van der Waals surface area contributed by atoms with Crippen molar-refractivity contribution in [2.45, 2.75) is 6.92 Å². The van der Waals surface area contributed by atoms with Gasteiger partial charge in [0.2, 0.25) is 0 Å². The minimum atomic E-state index is 0.907. The van der Waals surface area contributed by atoms with Crippen molar-refractivity contribution in [3.05, 3.63) is 66.5 Å². The van der Waals surface area contributed by atoms with Gasteiger partial charge in [0.25, 0.3) is 0 Å². The van der Waals surface area contributed by atoms with Gasteiger partial charge in [-0.15, -0.1) is 0 Å². The molecule has 5 heteroatoms. The van der Waals surface area contributed by atoms with Crippen LogP contribution >= 0.6 is 0 Å². The highest BCUT2D eigenvalue weighted by Crippen LogP contribution is 2.29. The molecule has 0 atom stereocenters. The van der Waals surface area contributed by atoms with Crippen LogP contribution in [-0.2, 0) is 0 Å². The molecule has 0 amide bonds. The largest absolute Gasteiger partial charge is 0.495 e. The van der Waals surface area contributed by atoms with E-state index in [-0.39, 0.29) is 0 Å². The summed E-state index contributed by atoms with van der Waals surface area (Å²) in [6.07, 6.45) is 3.69. The number of methoxy groups -OCH3 is 1. The number of piperazine rings is 1. The Hall–Kier alpha value is -3.08. The Bertz CT molecular complexity index is 902. The van der Waals surface area contributed by atoms with E-state index < -0.39 is 0 Å². The molecule has 0 aliphatic carbocycles. The van der Waals surface area contributed by atoms with Gasteiger partial charge in [-0.2, -0.15) is 0 Å². The second-order valence-electron chi connectivity index (χ2n) is 6.77. The standard InChI is InChI=1S/C22H24N4O/c1-17-7-9-18(10-8-17)19-15-23-16-22(24-19)26-13-11-25(12-14-26)20-5-3-4-6-21(20)27-2/h3-10,15-16H,11-14H2,1-2H3. The zero-order chi connectivity index (χ0) is 18.6. The third kappa shape index (κ3) is 3.72. The Balaban J connectivity index is 1.48. The number of aromatic nitrogens is 2. The Morgan fingerprint density at radius 2 is 1.56 bits per heavy atom. The van der Waals surface area contributed by atoms with Crippen molar-refractivity contribution in [3.8, 4) is 17.0 Å². The number of hydrogen-bond donors (Lipinski definition) is 0.